The van der Waals surface area contributed by atoms with Gasteiger partial charge in [-0.3, -0.25) is 4.79 Å². The molecule has 0 aliphatic carbocycles. The highest BCUT2D eigenvalue weighted by molar-refractivity contribution is 5.94. The van der Waals surface area contributed by atoms with Crippen LogP contribution in [0.2, 0.25) is 0 Å². The number of carboxylic acid groups (broad SMARTS) is 1. The summed E-state index contributed by atoms with van der Waals surface area (Å²) in [6.07, 6.45) is -0.0832. The molecule has 6 nitrogen and oxygen atoms in total. The van der Waals surface area contributed by atoms with E-state index in [1.807, 2.05) is 6.07 Å². The number of hydrogen-bond donors (Lipinski definition) is 3. The number of carbonyl (C=O) groups is 1. The van der Waals surface area contributed by atoms with Crippen molar-refractivity contribution in [2.75, 3.05) is 6.61 Å². The highest BCUT2D eigenvalue weighted by Crippen LogP contribution is 2.35. The SMILES string of the molecule is NCc1cccc(-c2cc(COc3ccc(F)cc3CC(=O)O)cc3cc(CCO)oc23)c1F. The topological polar surface area (TPSA) is 106 Å². The monoisotopic (exact) mass is 467 g/mol. The Morgan fingerprint density at radius 3 is 2.59 bits per heavy atom. The molecular formula is C26H23F2NO5. The summed E-state index contributed by atoms with van der Waals surface area (Å²) in [5.74, 6) is -1.32. The number of aliphatic hydroxyl groups excluding tert-OH is 1. The van der Waals surface area contributed by atoms with Gasteiger partial charge in [0.25, 0.3) is 0 Å². The van der Waals surface area contributed by atoms with Crippen LogP contribution in [-0.2, 0) is 30.8 Å². The van der Waals surface area contributed by atoms with Gasteiger partial charge in [0.05, 0.1) is 13.0 Å². The Hall–Kier alpha value is -3.75. The number of halogens is 2. The minimum atomic E-state index is -1.11. The summed E-state index contributed by atoms with van der Waals surface area (Å²) in [5, 5.41) is 19.1. The van der Waals surface area contributed by atoms with Crippen molar-refractivity contribution in [3.8, 4) is 16.9 Å². The molecule has 176 valence electrons. The van der Waals surface area contributed by atoms with Crippen molar-refractivity contribution in [1.82, 2.24) is 0 Å². The van der Waals surface area contributed by atoms with Crippen LogP contribution in [0.4, 0.5) is 8.78 Å². The second-order valence-corrected chi connectivity index (χ2v) is 7.84. The van der Waals surface area contributed by atoms with Gasteiger partial charge in [-0.15, -0.1) is 0 Å². The molecule has 1 heterocycles. The predicted molar refractivity (Wildman–Crippen MR) is 122 cm³/mol. The lowest BCUT2D eigenvalue weighted by Crippen LogP contribution is -2.05. The fourth-order valence-corrected chi connectivity index (χ4v) is 3.88. The van der Waals surface area contributed by atoms with Crippen molar-refractivity contribution in [3.05, 3.63) is 88.7 Å². The lowest BCUT2D eigenvalue weighted by Gasteiger charge is -2.13. The molecule has 3 aromatic carbocycles. The van der Waals surface area contributed by atoms with Gasteiger partial charge in [-0.05, 0) is 42.0 Å². The van der Waals surface area contributed by atoms with Gasteiger partial charge < -0.3 is 25.1 Å². The molecule has 0 saturated heterocycles. The molecule has 0 spiro atoms. The van der Waals surface area contributed by atoms with Gasteiger partial charge in [-0.25, -0.2) is 8.78 Å². The Morgan fingerprint density at radius 2 is 1.85 bits per heavy atom. The van der Waals surface area contributed by atoms with Crippen LogP contribution in [0.15, 0.2) is 59.0 Å². The van der Waals surface area contributed by atoms with Crippen molar-refractivity contribution in [2.24, 2.45) is 5.73 Å². The number of rotatable bonds is 9. The van der Waals surface area contributed by atoms with Gasteiger partial charge in [0, 0.05) is 40.6 Å². The second kappa shape index (κ2) is 10.0. The minimum absolute atomic E-state index is 0.0277. The van der Waals surface area contributed by atoms with E-state index in [2.05, 4.69) is 0 Å². The van der Waals surface area contributed by atoms with Gasteiger partial charge in [-0.2, -0.15) is 0 Å². The van der Waals surface area contributed by atoms with Crippen molar-refractivity contribution < 1.29 is 32.9 Å². The van der Waals surface area contributed by atoms with E-state index in [4.69, 9.17) is 20.0 Å². The van der Waals surface area contributed by atoms with Crippen molar-refractivity contribution in [2.45, 2.75) is 26.0 Å². The normalized spacial score (nSPS) is 11.2. The van der Waals surface area contributed by atoms with E-state index < -0.39 is 17.6 Å². The summed E-state index contributed by atoms with van der Waals surface area (Å²) in [6, 6.07) is 14.0. The van der Waals surface area contributed by atoms with E-state index in [0.717, 1.165) is 6.07 Å². The number of carboxylic acids is 1. The maximum absolute atomic E-state index is 15.2. The van der Waals surface area contributed by atoms with Gasteiger partial charge in [0.1, 0.15) is 35.3 Å². The first-order chi connectivity index (χ1) is 16.4. The highest BCUT2D eigenvalue weighted by atomic mass is 19.1. The van der Waals surface area contributed by atoms with Gasteiger partial charge in [-0.1, -0.05) is 18.2 Å². The highest BCUT2D eigenvalue weighted by Gasteiger charge is 2.17. The number of fused-ring (bicyclic) bond motifs is 1. The molecular weight excluding hydrogens is 444 g/mol. The third-order valence-corrected chi connectivity index (χ3v) is 5.43. The zero-order valence-corrected chi connectivity index (χ0v) is 18.2. The molecule has 4 aromatic rings. The van der Waals surface area contributed by atoms with Crippen LogP contribution in [0.1, 0.15) is 22.5 Å². The van der Waals surface area contributed by atoms with Crippen LogP contribution < -0.4 is 10.5 Å². The number of furan rings is 1. The predicted octanol–water partition coefficient (Wildman–Crippen LogP) is 4.58. The Kier molecular flexibility index (Phi) is 6.90. The Morgan fingerprint density at radius 1 is 1.03 bits per heavy atom. The summed E-state index contributed by atoms with van der Waals surface area (Å²) in [4.78, 5) is 11.1. The van der Waals surface area contributed by atoms with Gasteiger partial charge in [0.15, 0.2) is 0 Å². The van der Waals surface area contributed by atoms with E-state index in [-0.39, 0.29) is 37.5 Å². The molecule has 0 fully saturated rings. The third-order valence-electron chi connectivity index (χ3n) is 5.43. The first kappa shape index (κ1) is 23.4. The molecule has 0 unspecified atom stereocenters. The van der Waals surface area contributed by atoms with Crippen LogP contribution >= 0.6 is 0 Å². The van der Waals surface area contributed by atoms with Crippen LogP contribution in [0.25, 0.3) is 22.1 Å². The molecule has 0 aliphatic heterocycles. The number of aliphatic carboxylic acids is 1. The van der Waals surface area contributed by atoms with Crippen molar-refractivity contribution >= 4 is 16.9 Å². The molecule has 0 bridgehead atoms. The first-order valence-electron chi connectivity index (χ1n) is 10.7. The maximum Gasteiger partial charge on any atom is 0.307 e. The number of hydrogen-bond acceptors (Lipinski definition) is 5. The van der Waals surface area contributed by atoms with E-state index in [1.54, 1.807) is 30.3 Å². The molecule has 0 amide bonds. The quantitative estimate of drug-likeness (QED) is 0.333. The van der Waals surface area contributed by atoms with Crippen LogP contribution in [0.3, 0.4) is 0 Å². The average molecular weight is 467 g/mol. The first-order valence-corrected chi connectivity index (χ1v) is 10.7. The Balaban J connectivity index is 1.76. The van der Waals surface area contributed by atoms with Crippen molar-refractivity contribution in [1.29, 1.82) is 0 Å². The molecule has 4 rings (SSSR count). The Labute approximate surface area is 194 Å². The molecule has 0 atom stereocenters. The number of benzene rings is 3. The van der Waals surface area contributed by atoms with E-state index >= 15 is 4.39 Å². The number of nitrogens with two attached hydrogens (primary N) is 1. The number of aliphatic hydroxyl groups is 1. The van der Waals surface area contributed by atoms with E-state index in [0.29, 0.717) is 45.4 Å². The lowest BCUT2D eigenvalue weighted by atomic mass is 9.98. The number of ether oxygens (including phenoxy) is 1. The molecule has 1 aromatic heterocycles. The smallest absolute Gasteiger partial charge is 0.307 e. The minimum Gasteiger partial charge on any atom is -0.489 e. The van der Waals surface area contributed by atoms with Gasteiger partial charge >= 0.3 is 5.97 Å². The molecule has 34 heavy (non-hydrogen) atoms. The molecule has 4 N–H and O–H groups in total. The fourth-order valence-electron chi connectivity index (χ4n) is 3.88. The maximum atomic E-state index is 15.2. The van der Waals surface area contributed by atoms with Crippen molar-refractivity contribution in [3.63, 3.8) is 0 Å². The average Bonchev–Trinajstić information content (AvgIpc) is 3.20. The molecule has 8 heteroatoms. The van der Waals surface area contributed by atoms with E-state index in [9.17, 15) is 14.3 Å². The van der Waals surface area contributed by atoms with E-state index in [1.165, 1.54) is 12.1 Å². The summed E-state index contributed by atoms with van der Waals surface area (Å²) < 4.78 is 40.5. The summed E-state index contributed by atoms with van der Waals surface area (Å²) in [7, 11) is 0. The Bertz CT molecular complexity index is 1350. The third kappa shape index (κ3) is 4.93. The second-order valence-electron chi connectivity index (χ2n) is 7.84. The lowest BCUT2D eigenvalue weighted by molar-refractivity contribution is -0.136. The standard InChI is InChI=1S/C26H23F2NO5/c27-19-4-5-23(17(10-19)12-24(31)32)33-14-15-8-18-11-20(6-7-30)34-26(18)22(9-15)21-3-1-2-16(13-29)25(21)28/h1-5,8-11,30H,6-7,12-14,29H2,(H,31,32). The van der Waals surface area contributed by atoms with Crippen LogP contribution in [0.5, 0.6) is 5.75 Å². The summed E-state index contributed by atoms with van der Waals surface area (Å²) >= 11 is 0. The fraction of sp³-hybridized carbons (Fsp3) is 0.192. The van der Waals surface area contributed by atoms with Crippen LogP contribution in [-0.4, -0.2) is 22.8 Å². The largest absolute Gasteiger partial charge is 0.489 e. The zero-order valence-electron chi connectivity index (χ0n) is 18.2. The molecule has 0 saturated carbocycles. The molecule has 0 radical (unpaired) electrons. The van der Waals surface area contributed by atoms with Crippen LogP contribution in [0, 0.1) is 11.6 Å². The summed E-state index contributed by atoms with van der Waals surface area (Å²) in [5.41, 5.74) is 8.19. The zero-order chi connectivity index (χ0) is 24.2. The molecule has 0 aliphatic rings. The summed E-state index contributed by atoms with van der Waals surface area (Å²) in [6.45, 7) is -0.0323. The van der Waals surface area contributed by atoms with Gasteiger partial charge in [0.2, 0.25) is 0 Å².